The second kappa shape index (κ2) is 7.37. The van der Waals surface area contributed by atoms with Crippen molar-refractivity contribution in [2.24, 2.45) is 0 Å². The molecule has 2 aromatic heterocycles. The lowest BCUT2D eigenvalue weighted by molar-refractivity contribution is -0.129. The minimum absolute atomic E-state index is 0.0940. The Morgan fingerprint density at radius 3 is 2.69 bits per heavy atom. The van der Waals surface area contributed by atoms with Crippen molar-refractivity contribution in [3.8, 4) is 0 Å². The molecule has 1 unspecified atom stereocenters. The van der Waals surface area contributed by atoms with Gasteiger partial charge < -0.3 is 10.0 Å². The van der Waals surface area contributed by atoms with Gasteiger partial charge in [-0.15, -0.1) is 11.3 Å². The van der Waals surface area contributed by atoms with Crippen molar-refractivity contribution in [3.05, 3.63) is 57.0 Å². The molecule has 0 saturated carbocycles. The second-order valence-electron chi connectivity index (χ2n) is 6.25. The van der Waals surface area contributed by atoms with Crippen LogP contribution in [0.1, 0.15) is 51.9 Å². The number of rotatable bonds is 6. The molecule has 1 atom stereocenters. The highest BCUT2D eigenvalue weighted by Gasteiger charge is 2.44. The fourth-order valence-electron chi connectivity index (χ4n) is 3.15. The molecule has 1 aliphatic rings. The summed E-state index contributed by atoms with van der Waals surface area (Å²) in [7, 11) is 0. The first kappa shape index (κ1) is 18.3. The van der Waals surface area contributed by atoms with Crippen molar-refractivity contribution in [2.45, 2.75) is 39.7 Å². The van der Waals surface area contributed by atoms with Crippen LogP contribution in [0.25, 0.3) is 0 Å². The number of aliphatic hydroxyl groups is 1. The molecule has 7 heteroatoms. The van der Waals surface area contributed by atoms with Gasteiger partial charge in [0, 0.05) is 12.7 Å². The number of aryl methyl sites for hydroxylation is 2. The van der Waals surface area contributed by atoms with E-state index in [0.29, 0.717) is 22.8 Å². The Labute approximate surface area is 156 Å². The van der Waals surface area contributed by atoms with Crippen LogP contribution in [0.3, 0.4) is 0 Å². The summed E-state index contributed by atoms with van der Waals surface area (Å²) in [6, 6.07) is 4.68. The summed E-state index contributed by atoms with van der Waals surface area (Å²) in [5.74, 6) is -1.35. The highest BCUT2D eigenvalue weighted by molar-refractivity contribution is 7.14. The molecule has 0 aromatic carbocycles. The SMILES string of the molecule is CCCCN1C(=O)C(O)=C(C(=O)c2sc(C)nc2C)C1c1ccccn1. The van der Waals surface area contributed by atoms with Crippen LogP contribution in [0.4, 0.5) is 0 Å². The van der Waals surface area contributed by atoms with Crippen LogP contribution >= 0.6 is 11.3 Å². The van der Waals surface area contributed by atoms with Crippen LogP contribution < -0.4 is 0 Å². The van der Waals surface area contributed by atoms with E-state index < -0.39 is 17.7 Å². The Hall–Kier alpha value is -2.54. The van der Waals surface area contributed by atoms with Crippen molar-refractivity contribution < 1.29 is 14.7 Å². The third-order valence-electron chi connectivity index (χ3n) is 4.38. The number of hydrogen-bond acceptors (Lipinski definition) is 6. The fourth-order valence-corrected chi connectivity index (χ4v) is 4.03. The van der Waals surface area contributed by atoms with Crippen LogP contribution in [0.2, 0.25) is 0 Å². The zero-order chi connectivity index (χ0) is 18.8. The Kier molecular flexibility index (Phi) is 5.18. The van der Waals surface area contributed by atoms with Gasteiger partial charge in [-0.25, -0.2) is 4.98 Å². The second-order valence-corrected chi connectivity index (χ2v) is 7.45. The number of ketones is 1. The monoisotopic (exact) mass is 371 g/mol. The van der Waals surface area contributed by atoms with E-state index in [0.717, 1.165) is 17.8 Å². The zero-order valence-electron chi connectivity index (χ0n) is 15.0. The van der Waals surface area contributed by atoms with Crippen molar-refractivity contribution in [1.82, 2.24) is 14.9 Å². The highest BCUT2D eigenvalue weighted by Crippen LogP contribution is 2.39. The maximum absolute atomic E-state index is 13.2. The van der Waals surface area contributed by atoms with Gasteiger partial charge in [0.05, 0.1) is 26.8 Å². The molecule has 6 nitrogen and oxygen atoms in total. The smallest absolute Gasteiger partial charge is 0.290 e. The van der Waals surface area contributed by atoms with Gasteiger partial charge in [-0.2, -0.15) is 0 Å². The zero-order valence-corrected chi connectivity index (χ0v) is 15.8. The van der Waals surface area contributed by atoms with Crippen molar-refractivity contribution >= 4 is 23.0 Å². The summed E-state index contributed by atoms with van der Waals surface area (Å²) in [5.41, 5.74) is 1.27. The molecule has 0 spiro atoms. The number of pyridine rings is 1. The summed E-state index contributed by atoms with van der Waals surface area (Å²) in [6.07, 6.45) is 3.30. The summed E-state index contributed by atoms with van der Waals surface area (Å²) in [6.45, 7) is 6.07. The Morgan fingerprint density at radius 2 is 2.12 bits per heavy atom. The fraction of sp³-hybridized carbons (Fsp3) is 0.368. The van der Waals surface area contributed by atoms with Crippen LogP contribution in [-0.4, -0.2) is 38.2 Å². The van der Waals surface area contributed by atoms with E-state index in [2.05, 4.69) is 9.97 Å². The van der Waals surface area contributed by atoms with Gasteiger partial charge >= 0.3 is 0 Å². The van der Waals surface area contributed by atoms with Gasteiger partial charge in [-0.3, -0.25) is 14.6 Å². The number of aliphatic hydroxyl groups excluding tert-OH is 1. The van der Waals surface area contributed by atoms with Gasteiger partial charge in [0.1, 0.15) is 6.04 Å². The standard InChI is InChI=1S/C19H21N3O3S/c1-4-5-10-22-15(13-8-6-7-9-20-13)14(17(24)19(22)25)16(23)18-11(2)21-12(3)26-18/h6-9,15,24H,4-5,10H2,1-3H3. The average molecular weight is 371 g/mol. The van der Waals surface area contributed by atoms with Gasteiger partial charge in [0.25, 0.3) is 5.91 Å². The lowest BCUT2D eigenvalue weighted by Gasteiger charge is -2.25. The molecule has 3 rings (SSSR count). The van der Waals surface area contributed by atoms with E-state index in [4.69, 9.17) is 0 Å². The molecular formula is C19H21N3O3S. The van der Waals surface area contributed by atoms with Gasteiger partial charge in [-0.1, -0.05) is 19.4 Å². The molecule has 1 N–H and O–H groups in total. The summed E-state index contributed by atoms with van der Waals surface area (Å²) >= 11 is 1.27. The summed E-state index contributed by atoms with van der Waals surface area (Å²) in [4.78, 5) is 36.5. The van der Waals surface area contributed by atoms with Crippen molar-refractivity contribution in [3.63, 3.8) is 0 Å². The van der Waals surface area contributed by atoms with Gasteiger partial charge in [0.15, 0.2) is 5.76 Å². The number of nitrogens with zero attached hydrogens (tertiary/aromatic N) is 3. The third kappa shape index (κ3) is 3.14. The number of carbonyl (C=O) groups excluding carboxylic acids is 2. The van der Waals surface area contributed by atoms with Crippen LogP contribution in [0, 0.1) is 13.8 Å². The molecule has 0 fully saturated rings. The first-order chi connectivity index (χ1) is 12.5. The van der Waals surface area contributed by atoms with Gasteiger partial charge in [-0.05, 0) is 32.4 Å². The van der Waals surface area contributed by atoms with Crippen molar-refractivity contribution in [2.75, 3.05) is 6.54 Å². The molecule has 0 radical (unpaired) electrons. The molecule has 26 heavy (non-hydrogen) atoms. The summed E-state index contributed by atoms with van der Waals surface area (Å²) in [5, 5.41) is 11.3. The minimum Gasteiger partial charge on any atom is -0.503 e. The number of carbonyl (C=O) groups is 2. The number of Topliss-reactive ketones (excluding diaryl/α,β-unsaturated/α-hetero) is 1. The topological polar surface area (TPSA) is 83.4 Å². The Morgan fingerprint density at radius 1 is 1.35 bits per heavy atom. The quantitative estimate of drug-likeness (QED) is 0.785. The predicted octanol–water partition coefficient (Wildman–Crippen LogP) is 3.53. The highest BCUT2D eigenvalue weighted by atomic mass is 32.1. The largest absolute Gasteiger partial charge is 0.503 e. The minimum atomic E-state index is -0.676. The summed E-state index contributed by atoms with van der Waals surface area (Å²) < 4.78 is 0. The number of unbranched alkanes of at least 4 members (excludes halogenated alkanes) is 1. The van der Waals surface area contributed by atoms with E-state index in [1.807, 2.05) is 19.9 Å². The molecule has 2 aromatic rings. The molecule has 0 bridgehead atoms. The molecule has 1 aliphatic heterocycles. The third-order valence-corrected chi connectivity index (χ3v) is 5.45. The molecular weight excluding hydrogens is 350 g/mol. The van der Waals surface area contributed by atoms with E-state index in [1.165, 1.54) is 16.2 Å². The Balaban J connectivity index is 2.09. The first-order valence-electron chi connectivity index (χ1n) is 8.59. The van der Waals surface area contributed by atoms with Gasteiger partial charge in [0.2, 0.25) is 5.78 Å². The van der Waals surface area contributed by atoms with E-state index in [9.17, 15) is 14.7 Å². The first-order valence-corrected chi connectivity index (χ1v) is 9.41. The number of hydrogen-bond donors (Lipinski definition) is 1. The lowest BCUT2D eigenvalue weighted by Crippen LogP contribution is -2.32. The molecule has 0 saturated heterocycles. The van der Waals surface area contributed by atoms with E-state index in [-0.39, 0.29) is 11.4 Å². The number of aromatic nitrogens is 2. The normalized spacial score (nSPS) is 17.3. The molecule has 0 aliphatic carbocycles. The lowest BCUT2D eigenvalue weighted by atomic mass is 9.98. The Bertz CT molecular complexity index is 873. The van der Waals surface area contributed by atoms with Crippen molar-refractivity contribution in [1.29, 1.82) is 0 Å². The van der Waals surface area contributed by atoms with Crippen LogP contribution in [0.15, 0.2) is 35.7 Å². The average Bonchev–Trinajstić information content (AvgIpc) is 3.10. The maximum atomic E-state index is 13.2. The predicted molar refractivity (Wildman–Crippen MR) is 99.2 cm³/mol. The van der Waals surface area contributed by atoms with Crippen LogP contribution in [0.5, 0.6) is 0 Å². The molecule has 1 amide bonds. The number of thiazole rings is 1. The van der Waals surface area contributed by atoms with Crippen LogP contribution in [-0.2, 0) is 4.79 Å². The molecule has 136 valence electrons. The molecule has 3 heterocycles. The number of amides is 1. The van der Waals surface area contributed by atoms with E-state index in [1.54, 1.807) is 25.3 Å². The maximum Gasteiger partial charge on any atom is 0.290 e. The van der Waals surface area contributed by atoms with E-state index >= 15 is 0 Å².